The lowest BCUT2D eigenvalue weighted by atomic mass is 9.89. The number of amides is 1. The number of pyridine rings is 1. The molecule has 3 N–H and O–H groups in total. The Balaban J connectivity index is 1.39. The second-order valence-electron chi connectivity index (χ2n) is 9.00. The van der Waals surface area contributed by atoms with Crippen LogP contribution in [0.5, 0.6) is 0 Å². The van der Waals surface area contributed by atoms with E-state index in [2.05, 4.69) is 20.7 Å². The van der Waals surface area contributed by atoms with E-state index in [9.17, 15) is 9.90 Å². The number of nitrogens with one attached hydrogen (secondary N) is 2. The van der Waals surface area contributed by atoms with Gasteiger partial charge in [0, 0.05) is 43.7 Å². The summed E-state index contributed by atoms with van der Waals surface area (Å²) in [5.41, 5.74) is 3.24. The van der Waals surface area contributed by atoms with Gasteiger partial charge < -0.3 is 29.8 Å². The Morgan fingerprint density at radius 2 is 2.14 bits per heavy atom. The van der Waals surface area contributed by atoms with Crippen LogP contribution in [0.1, 0.15) is 29.2 Å². The monoisotopic (exact) mass is 477 g/mol. The number of carbonyl (C=O) groups is 1. The fraction of sp³-hybridized carbons (Fsp3) is 0.417. The average molecular weight is 478 g/mol. The molecule has 2 fully saturated rings. The second-order valence-corrected chi connectivity index (χ2v) is 9.00. The number of methoxy groups -OCH3 is 1. The van der Waals surface area contributed by atoms with Gasteiger partial charge in [0.05, 0.1) is 43.3 Å². The molecule has 2 aromatic heterocycles. The van der Waals surface area contributed by atoms with Gasteiger partial charge in [-0.1, -0.05) is 0 Å². The first-order valence-corrected chi connectivity index (χ1v) is 11.7. The van der Waals surface area contributed by atoms with Crippen LogP contribution in [0.25, 0.3) is 28.3 Å². The predicted molar refractivity (Wildman–Crippen MR) is 128 cm³/mol. The van der Waals surface area contributed by atoms with Gasteiger partial charge in [-0.15, -0.1) is 0 Å². The topological polar surface area (TPSA) is 128 Å². The van der Waals surface area contributed by atoms with Crippen molar-refractivity contribution in [2.45, 2.75) is 37.1 Å². The first kappa shape index (κ1) is 22.0. The van der Waals surface area contributed by atoms with Gasteiger partial charge in [0.1, 0.15) is 23.3 Å². The van der Waals surface area contributed by atoms with Gasteiger partial charge in [-0.2, -0.15) is 9.61 Å². The molecule has 0 spiro atoms. The van der Waals surface area contributed by atoms with Crippen molar-refractivity contribution in [3.63, 3.8) is 0 Å². The standard InChI is InChI=1S/C24H27N7O4/c1-25-21-8-17(14-9-26-22-13(14)4-3-7-30(22)18-11-35-12-19(18)32)28-23-15(10-27-31(21)23)24(33)29-16-5-6-20(16)34-2/h3-4,7-10,16,18-20,25,32H,5-6,11-12H2,1-2H3,(H,29,33)/t16?,18-,19-,20+/m1/s1. The van der Waals surface area contributed by atoms with Crippen LogP contribution in [-0.2, 0) is 9.47 Å². The zero-order valence-electron chi connectivity index (χ0n) is 19.5. The van der Waals surface area contributed by atoms with Crippen LogP contribution >= 0.6 is 0 Å². The van der Waals surface area contributed by atoms with E-state index in [1.807, 2.05) is 29.0 Å². The minimum absolute atomic E-state index is 0.0111. The summed E-state index contributed by atoms with van der Waals surface area (Å²) in [4.78, 5) is 22.6. The normalized spacial score (nSPS) is 24.1. The third-order valence-corrected chi connectivity index (χ3v) is 7.06. The summed E-state index contributed by atoms with van der Waals surface area (Å²) in [5.74, 6) is 1.21. The van der Waals surface area contributed by atoms with Gasteiger partial charge in [0.25, 0.3) is 5.91 Å². The quantitative estimate of drug-likeness (QED) is 0.382. The zero-order chi connectivity index (χ0) is 24.1. The third-order valence-electron chi connectivity index (χ3n) is 7.06. The van der Waals surface area contributed by atoms with E-state index in [1.54, 1.807) is 31.1 Å². The van der Waals surface area contributed by atoms with Crippen molar-refractivity contribution in [1.29, 1.82) is 0 Å². The fourth-order valence-corrected chi connectivity index (χ4v) is 4.93. The van der Waals surface area contributed by atoms with Crippen LogP contribution in [0.15, 0.2) is 36.8 Å². The summed E-state index contributed by atoms with van der Waals surface area (Å²) in [7, 11) is 3.46. The van der Waals surface area contributed by atoms with Crippen LogP contribution in [-0.4, -0.2) is 80.8 Å². The van der Waals surface area contributed by atoms with Crippen molar-refractivity contribution in [2.75, 3.05) is 32.7 Å². The first-order chi connectivity index (χ1) is 17.1. The Kier molecular flexibility index (Phi) is 5.39. The number of hydrogen-bond acceptors (Lipinski definition) is 8. The molecule has 11 nitrogen and oxygen atoms in total. The number of aliphatic hydroxyl groups excluding tert-OH is 1. The van der Waals surface area contributed by atoms with Crippen LogP contribution in [0.3, 0.4) is 0 Å². The lowest BCUT2D eigenvalue weighted by molar-refractivity contribution is 0.00732. The minimum Gasteiger partial charge on any atom is -0.388 e. The molecular weight excluding hydrogens is 450 g/mol. The molecule has 1 aliphatic carbocycles. The first-order valence-electron chi connectivity index (χ1n) is 11.7. The van der Waals surface area contributed by atoms with Crippen molar-refractivity contribution in [2.24, 2.45) is 0 Å². The molecular formula is C24H27N7O4. The smallest absolute Gasteiger partial charge is 0.257 e. The van der Waals surface area contributed by atoms with E-state index < -0.39 is 6.10 Å². The second kappa shape index (κ2) is 8.59. The molecule has 182 valence electrons. The molecule has 2 aromatic rings. The maximum atomic E-state index is 13.1. The third kappa shape index (κ3) is 3.54. The van der Waals surface area contributed by atoms with Gasteiger partial charge >= 0.3 is 0 Å². The van der Waals surface area contributed by atoms with Crippen molar-refractivity contribution in [3.8, 4) is 22.6 Å². The Hall–Kier alpha value is -3.54. The van der Waals surface area contributed by atoms with E-state index in [0.29, 0.717) is 35.9 Å². The van der Waals surface area contributed by atoms with E-state index in [0.717, 1.165) is 29.8 Å². The van der Waals surface area contributed by atoms with Crippen molar-refractivity contribution in [1.82, 2.24) is 29.5 Å². The summed E-state index contributed by atoms with van der Waals surface area (Å²) in [5, 5.41) is 20.9. The van der Waals surface area contributed by atoms with Gasteiger partial charge in [-0.3, -0.25) is 4.79 Å². The number of rotatable bonds is 6. The molecule has 1 amide bonds. The largest absolute Gasteiger partial charge is 0.388 e. The molecule has 0 radical (unpaired) electrons. The highest BCUT2D eigenvalue weighted by molar-refractivity contribution is 6.00. The molecule has 0 aromatic carbocycles. The van der Waals surface area contributed by atoms with E-state index in [4.69, 9.17) is 14.5 Å². The highest BCUT2D eigenvalue weighted by Crippen LogP contribution is 2.36. The van der Waals surface area contributed by atoms with Gasteiger partial charge in [0.15, 0.2) is 5.65 Å². The number of hydrogen-bond donors (Lipinski definition) is 3. The Labute approximate surface area is 201 Å². The Morgan fingerprint density at radius 1 is 1.26 bits per heavy atom. The van der Waals surface area contributed by atoms with E-state index in [1.165, 1.54) is 0 Å². The Morgan fingerprint density at radius 3 is 2.86 bits per heavy atom. The fourth-order valence-electron chi connectivity index (χ4n) is 4.93. The molecule has 5 heterocycles. The van der Waals surface area contributed by atoms with Crippen molar-refractivity contribution in [3.05, 3.63) is 42.4 Å². The molecule has 1 saturated carbocycles. The maximum Gasteiger partial charge on any atom is 0.257 e. The lowest BCUT2D eigenvalue weighted by Gasteiger charge is -2.35. The van der Waals surface area contributed by atoms with Crippen molar-refractivity contribution < 1.29 is 19.4 Å². The predicted octanol–water partition coefficient (Wildman–Crippen LogP) is 1.58. The summed E-state index contributed by atoms with van der Waals surface area (Å²) in [6, 6.07) is 5.58. The van der Waals surface area contributed by atoms with Crippen molar-refractivity contribution >= 4 is 17.4 Å². The minimum atomic E-state index is -0.586. The van der Waals surface area contributed by atoms with Gasteiger partial charge in [-0.05, 0) is 25.0 Å². The highest BCUT2D eigenvalue weighted by Gasteiger charge is 2.33. The number of ether oxygens (including phenoxy) is 2. The maximum absolute atomic E-state index is 13.1. The molecule has 0 bridgehead atoms. The highest BCUT2D eigenvalue weighted by atomic mass is 16.5. The SMILES string of the molecule is CNc1cc(-c2cnc3n([C@@H]4COC[C@H]4O)cccc2-3)nc2c(C(=O)NC3CC[C@@H]3OC)cnn12. The molecule has 3 aliphatic heterocycles. The molecule has 4 atom stereocenters. The molecule has 1 saturated heterocycles. The Bertz CT molecular complexity index is 1360. The summed E-state index contributed by atoms with van der Waals surface area (Å²) in [6.07, 6.45) is 6.49. The number of fused-ring (bicyclic) bond motifs is 2. The number of carbonyl (C=O) groups excluding carboxylic acids is 1. The number of anilines is 1. The number of aliphatic hydroxyl groups is 1. The van der Waals surface area contributed by atoms with Gasteiger partial charge in [-0.25, -0.2) is 9.97 Å². The summed E-state index contributed by atoms with van der Waals surface area (Å²) < 4.78 is 14.4. The molecule has 35 heavy (non-hydrogen) atoms. The number of nitrogens with zero attached hydrogens (tertiary/aromatic N) is 5. The lowest BCUT2D eigenvalue weighted by Crippen LogP contribution is -2.51. The molecule has 1 unspecified atom stereocenters. The van der Waals surface area contributed by atoms with E-state index >= 15 is 0 Å². The van der Waals surface area contributed by atoms with Crippen LogP contribution in [0.2, 0.25) is 0 Å². The van der Waals surface area contributed by atoms with Gasteiger partial charge in [0.2, 0.25) is 0 Å². The molecule has 11 heteroatoms. The van der Waals surface area contributed by atoms with Crippen LogP contribution in [0, 0.1) is 0 Å². The molecule has 4 aliphatic rings. The van der Waals surface area contributed by atoms with E-state index in [-0.39, 0.29) is 24.1 Å². The van der Waals surface area contributed by atoms with Crippen LogP contribution < -0.4 is 10.6 Å². The zero-order valence-corrected chi connectivity index (χ0v) is 19.5. The average Bonchev–Trinajstić information content (AvgIpc) is 3.59. The molecule has 6 rings (SSSR count). The summed E-state index contributed by atoms with van der Waals surface area (Å²) in [6.45, 7) is 0.740. The number of aromatic nitrogens is 5. The summed E-state index contributed by atoms with van der Waals surface area (Å²) >= 11 is 0. The van der Waals surface area contributed by atoms with Crippen LogP contribution in [0.4, 0.5) is 5.82 Å².